The maximum atomic E-state index is 14.0. The minimum absolute atomic E-state index is 0.0674. The molecule has 37 heavy (non-hydrogen) atoms. The van der Waals surface area contributed by atoms with Gasteiger partial charge in [0.15, 0.2) is 11.4 Å². The molecule has 2 N–H and O–H groups in total. The van der Waals surface area contributed by atoms with Gasteiger partial charge in [0.1, 0.15) is 0 Å². The number of aromatic nitrogens is 3. The summed E-state index contributed by atoms with van der Waals surface area (Å²) < 4.78 is 1.63. The van der Waals surface area contributed by atoms with E-state index in [9.17, 15) is 14.7 Å². The molecule has 7 heteroatoms. The lowest BCUT2D eigenvalue weighted by atomic mass is 10.0. The zero-order chi connectivity index (χ0) is 25.4. The fourth-order valence-electron chi connectivity index (χ4n) is 4.53. The van der Waals surface area contributed by atoms with E-state index in [1.54, 1.807) is 29.1 Å². The summed E-state index contributed by atoms with van der Waals surface area (Å²) in [6.45, 7) is 0.263. The van der Waals surface area contributed by atoms with Crippen LogP contribution in [0.1, 0.15) is 28.9 Å². The summed E-state index contributed by atoms with van der Waals surface area (Å²) >= 11 is 0. The van der Waals surface area contributed by atoms with Crippen molar-refractivity contribution in [1.29, 1.82) is 0 Å². The van der Waals surface area contributed by atoms with E-state index in [-0.39, 0.29) is 29.6 Å². The summed E-state index contributed by atoms with van der Waals surface area (Å²) in [5.41, 5.74) is 3.28. The first-order valence-corrected chi connectivity index (χ1v) is 12.2. The number of rotatable bonds is 6. The van der Waals surface area contributed by atoms with E-state index in [1.165, 1.54) is 0 Å². The van der Waals surface area contributed by atoms with Crippen LogP contribution >= 0.6 is 0 Å². The van der Waals surface area contributed by atoms with Crippen molar-refractivity contribution in [2.45, 2.75) is 25.4 Å². The zero-order valence-corrected chi connectivity index (χ0v) is 20.0. The van der Waals surface area contributed by atoms with Gasteiger partial charge in [0, 0.05) is 34.9 Å². The van der Waals surface area contributed by atoms with Gasteiger partial charge in [-0.2, -0.15) is 0 Å². The summed E-state index contributed by atoms with van der Waals surface area (Å²) in [7, 11) is 0. The Labute approximate surface area is 213 Å². The smallest absolute Gasteiger partial charge is 0.274 e. The Bertz CT molecular complexity index is 1660. The summed E-state index contributed by atoms with van der Waals surface area (Å²) in [6, 6.07) is 24.3. The molecular weight excluding hydrogens is 464 g/mol. The predicted octanol–water partition coefficient (Wildman–Crippen LogP) is 4.77. The lowest BCUT2D eigenvalue weighted by molar-refractivity contribution is 0.0943. The molecule has 1 fully saturated rings. The molecule has 1 aliphatic carbocycles. The molecule has 182 valence electrons. The molecular formula is C30H24N4O3. The molecule has 0 saturated heterocycles. The normalized spacial score (nSPS) is 13.0. The molecule has 1 amide bonds. The average Bonchev–Trinajstić information content (AvgIpc) is 3.76. The van der Waals surface area contributed by atoms with Crippen LogP contribution in [0.3, 0.4) is 0 Å². The first-order chi connectivity index (χ1) is 18.1. The lowest BCUT2D eigenvalue weighted by Crippen LogP contribution is -2.28. The highest BCUT2D eigenvalue weighted by Crippen LogP contribution is 2.36. The van der Waals surface area contributed by atoms with E-state index in [4.69, 9.17) is 0 Å². The van der Waals surface area contributed by atoms with Gasteiger partial charge in [-0.3, -0.25) is 14.6 Å². The monoisotopic (exact) mass is 488 g/mol. The van der Waals surface area contributed by atoms with Crippen molar-refractivity contribution in [3.05, 3.63) is 113 Å². The van der Waals surface area contributed by atoms with E-state index < -0.39 is 5.91 Å². The first-order valence-electron chi connectivity index (χ1n) is 12.2. The van der Waals surface area contributed by atoms with Crippen LogP contribution in [0.5, 0.6) is 5.75 Å². The Hall–Kier alpha value is -4.78. The standard InChI is InChI=1S/C30H24N4O3/c35-28-24-16-23(20-10-5-2-6-11-20)30(37)34(18-19-8-3-1-4-9-19)27(24)25(21-12-7-15-31-17-21)33-26(28)29(36)32-22-13-14-22/h1-12,15-17,22,35H,13-14,18H2,(H,32,36). The van der Waals surface area contributed by atoms with Gasteiger partial charge in [0.05, 0.1) is 17.8 Å². The number of nitrogens with zero attached hydrogens (tertiary/aromatic N) is 3. The van der Waals surface area contributed by atoms with E-state index in [2.05, 4.69) is 15.3 Å². The van der Waals surface area contributed by atoms with E-state index in [0.29, 0.717) is 27.7 Å². The minimum Gasteiger partial charge on any atom is -0.505 e. The van der Waals surface area contributed by atoms with E-state index in [0.717, 1.165) is 24.0 Å². The van der Waals surface area contributed by atoms with Gasteiger partial charge in [-0.15, -0.1) is 0 Å². The van der Waals surface area contributed by atoms with Crippen molar-refractivity contribution in [2.75, 3.05) is 0 Å². The molecule has 0 unspecified atom stereocenters. The second kappa shape index (κ2) is 9.35. The second-order valence-electron chi connectivity index (χ2n) is 9.21. The highest BCUT2D eigenvalue weighted by atomic mass is 16.3. The number of aromatic hydroxyl groups is 1. The largest absolute Gasteiger partial charge is 0.505 e. The number of hydrogen-bond donors (Lipinski definition) is 2. The van der Waals surface area contributed by atoms with Gasteiger partial charge in [0.2, 0.25) is 0 Å². The molecule has 1 saturated carbocycles. The van der Waals surface area contributed by atoms with Crippen LogP contribution in [0.15, 0.2) is 96.1 Å². The Morgan fingerprint density at radius 3 is 2.35 bits per heavy atom. The van der Waals surface area contributed by atoms with Gasteiger partial charge in [0.25, 0.3) is 11.5 Å². The average molecular weight is 489 g/mol. The van der Waals surface area contributed by atoms with Gasteiger partial charge >= 0.3 is 0 Å². The van der Waals surface area contributed by atoms with Crippen molar-refractivity contribution in [3.8, 4) is 28.1 Å². The van der Waals surface area contributed by atoms with Crippen molar-refractivity contribution in [3.63, 3.8) is 0 Å². The lowest BCUT2D eigenvalue weighted by Gasteiger charge is -2.19. The third-order valence-corrected chi connectivity index (χ3v) is 6.55. The molecule has 0 radical (unpaired) electrons. The Balaban J connectivity index is 1.70. The van der Waals surface area contributed by atoms with Gasteiger partial charge in [-0.1, -0.05) is 60.7 Å². The maximum absolute atomic E-state index is 14.0. The molecule has 0 aliphatic heterocycles. The number of carbonyl (C=O) groups is 1. The number of fused-ring (bicyclic) bond motifs is 1. The topological polar surface area (TPSA) is 97.1 Å². The number of amides is 1. The number of carbonyl (C=O) groups excluding carboxylic acids is 1. The molecule has 0 atom stereocenters. The van der Waals surface area contributed by atoms with Crippen molar-refractivity contribution in [1.82, 2.24) is 19.9 Å². The molecule has 5 aromatic rings. The van der Waals surface area contributed by atoms with Crippen LogP contribution in [0.25, 0.3) is 33.3 Å². The van der Waals surface area contributed by atoms with Gasteiger partial charge in [-0.05, 0) is 42.2 Å². The highest BCUT2D eigenvalue weighted by Gasteiger charge is 2.29. The Morgan fingerprint density at radius 1 is 0.973 bits per heavy atom. The zero-order valence-electron chi connectivity index (χ0n) is 20.0. The van der Waals surface area contributed by atoms with Crippen LogP contribution in [-0.4, -0.2) is 31.6 Å². The van der Waals surface area contributed by atoms with Crippen molar-refractivity contribution < 1.29 is 9.90 Å². The molecule has 3 aromatic heterocycles. The number of hydrogen-bond acceptors (Lipinski definition) is 5. The molecule has 2 aromatic carbocycles. The maximum Gasteiger partial charge on any atom is 0.274 e. The minimum atomic E-state index is -0.436. The van der Waals surface area contributed by atoms with E-state index in [1.807, 2.05) is 66.7 Å². The quantitative estimate of drug-likeness (QED) is 0.359. The molecule has 0 bridgehead atoms. The molecule has 3 heterocycles. The number of benzene rings is 2. The Morgan fingerprint density at radius 2 is 1.68 bits per heavy atom. The Kier molecular flexibility index (Phi) is 5.73. The molecule has 7 nitrogen and oxygen atoms in total. The highest BCUT2D eigenvalue weighted by molar-refractivity contribution is 6.06. The SMILES string of the molecule is O=C(NC1CC1)c1nc(-c2cccnc2)c2c(cc(-c3ccccc3)c(=O)n2Cc2ccccc2)c1O. The summed E-state index contributed by atoms with van der Waals surface area (Å²) in [5.74, 6) is -0.686. The third-order valence-electron chi connectivity index (χ3n) is 6.55. The van der Waals surface area contributed by atoms with Crippen LogP contribution in [0, 0.1) is 0 Å². The van der Waals surface area contributed by atoms with Crippen LogP contribution < -0.4 is 10.9 Å². The summed E-state index contributed by atoms with van der Waals surface area (Å²) in [5, 5.41) is 14.7. The number of pyridine rings is 3. The van der Waals surface area contributed by atoms with Crippen LogP contribution in [0.4, 0.5) is 0 Å². The van der Waals surface area contributed by atoms with Gasteiger partial charge < -0.3 is 15.0 Å². The molecule has 0 spiro atoms. The molecule has 6 rings (SSSR count). The summed E-state index contributed by atoms with van der Waals surface area (Å²) in [6.07, 6.45) is 5.11. The second-order valence-corrected chi connectivity index (χ2v) is 9.21. The fraction of sp³-hybridized carbons (Fsp3) is 0.133. The predicted molar refractivity (Wildman–Crippen MR) is 142 cm³/mol. The third kappa shape index (κ3) is 4.36. The fourth-order valence-corrected chi connectivity index (χ4v) is 4.53. The summed E-state index contributed by atoms with van der Waals surface area (Å²) in [4.78, 5) is 36.0. The van der Waals surface area contributed by atoms with Crippen LogP contribution in [0.2, 0.25) is 0 Å². The van der Waals surface area contributed by atoms with Gasteiger partial charge in [-0.25, -0.2) is 4.98 Å². The number of nitrogens with one attached hydrogen (secondary N) is 1. The van der Waals surface area contributed by atoms with Crippen molar-refractivity contribution in [2.24, 2.45) is 0 Å². The van der Waals surface area contributed by atoms with Crippen LogP contribution in [-0.2, 0) is 6.54 Å². The van der Waals surface area contributed by atoms with Crippen molar-refractivity contribution >= 4 is 16.8 Å². The first kappa shape index (κ1) is 22.7. The molecule has 1 aliphatic rings. The van der Waals surface area contributed by atoms with E-state index >= 15 is 0 Å².